The number of carboxylic acids is 1. The van der Waals surface area contributed by atoms with Crippen molar-refractivity contribution in [1.82, 2.24) is 0 Å². The second kappa shape index (κ2) is 6.60. The number of sulfonamides is 1. The maximum Gasteiger partial charge on any atom is 0.327 e. The highest BCUT2D eigenvalue weighted by molar-refractivity contribution is 7.92. The first kappa shape index (κ1) is 17.9. The monoisotopic (exact) mass is 351 g/mol. The van der Waals surface area contributed by atoms with Crippen molar-refractivity contribution < 1.29 is 22.7 Å². The lowest BCUT2D eigenvalue weighted by atomic mass is 10.1. The second-order valence-corrected chi connectivity index (χ2v) is 7.43. The normalized spacial score (nSPS) is 12.7. The number of anilines is 1. The summed E-state index contributed by atoms with van der Waals surface area (Å²) in [6, 6.07) is 8.04. The molecule has 0 aromatic heterocycles. The molecule has 0 radical (unpaired) electrons. The molecule has 1 unspecified atom stereocenters. The third-order valence-corrected chi connectivity index (χ3v) is 5.45. The summed E-state index contributed by atoms with van der Waals surface area (Å²) in [4.78, 5) is 11.3. The fourth-order valence-corrected chi connectivity index (χ4v) is 4.07. The van der Waals surface area contributed by atoms with E-state index >= 15 is 0 Å². The lowest BCUT2D eigenvalue weighted by Gasteiger charge is -2.28. The Morgan fingerprint density at radius 2 is 1.58 bits per heavy atom. The predicted octanol–water partition coefficient (Wildman–Crippen LogP) is 3.11. The van der Waals surface area contributed by atoms with Gasteiger partial charge >= 0.3 is 5.97 Å². The summed E-state index contributed by atoms with van der Waals surface area (Å²) in [7, 11) is -4.16. The minimum atomic E-state index is -4.16. The van der Waals surface area contributed by atoms with Gasteiger partial charge in [-0.05, 0) is 68.3 Å². The van der Waals surface area contributed by atoms with Gasteiger partial charge in [-0.3, -0.25) is 4.31 Å². The molecule has 1 N–H and O–H groups in total. The molecule has 0 aliphatic rings. The molecule has 2 rings (SSSR count). The fourth-order valence-electron chi connectivity index (χ4n) is 2.47. The molecule has 0 fully saturated rings. The van der Waals surface area contributed by atoms with E-state index in [2.05, 4.69) is 0 Å². The van der Waals surface area contributed by atoms with Crippen LogP contribution in [0, 0.1) is 19.7 Å². The highest BCUT2D eigenvalue weighted by atomic mass is 32.2. The number of rotatable bonds is 5. The third-order valence-electron chi connectivity index (χ3n) is 3.54. The van der Waals surface area contributed by atoms with Crippen LogP contribution in [0.25, 0.3) is 0 Å². The Bertz CT molecular complexity index is 842. The molecule has 0 spiro atoms. The van der Waals surface area contributed by atoms with Crippen LogP contribution in [0.2, 0.25) is 0 Å². The van der Waals surface area contributed by atoms with Crippen molar-refractivity contribution in [2.45, 2.75) is 31.7 Å². The molecule has 24 heavy (non-hydrogen) atoms. The molecule has 2 aromatic rings. The maximum atomic E-state index is 13.1. The second-order valence-electron chi connectivity index (χ2n) is 5.61. The summed E-state index contributed by atoms with van der Waals surface area (Å²) in [5.41, 5.74) is 1.87. The molecule has 7 heteroatoms. The Hall–Kier alpha value is -2.41. The highest BCUT2D eigenvalue weighted by Crippen LogP contribution is 2.28. The van der Waals surface area contributed by atoms with E-state index in [0.29, 0.717) is 0 Å². The molecule has 2 aromatic carbocycles. The van der Waals surface area contributed by atoms with Gasteiger partial charge in [0.1, 0.15) is 11.9 Å². The largest absolute Gasteiger partial charge is 0.480 e. The standard InChI is InChI=1S/C17H18FNO4S/c1-11-8-12(2)10-15(9-11)19(13(3)17(20)21)24(22,23)16-6-4-14(18)5-7-16/h4-10,13H,1-3H3,(H,20,21). The van der Waals surface area contributed by atoms with Gasteiger partial charge in [0, 0.05) is 0 Å². The number of aryl methyl sites for hydroxylation is 2. The van der Waals surface area contributed by atoms with Crippen molar-refractivity contribution in [2.75, 3.05) is 4.31 Å². The number of benzene rings is 2. The van der Waals surface area contributed by atoms with Crippen LogP contribution >= 0.6 is 0 Å². The molecule has 0 amide bonds. The summed E-state index contributed by atoms with van der Waals surface area (Å²) in [5.74, 6) is -1.85. The number of hydrogen-bond donors (Lipinski definition) is 1. The molecule has 0 saturated heterocycles. The first-order chi connectivity index (χ1) is 11.1. The molecule has 0 bridgehead atoms. The van der Waals surface area contributed by atoms with Crippen LogP contribution in [0.4, 0.5) is 10.1 Å². The Labute approximate surface area is 140 Å². The van der Waals surface area contributed by atoms with Crippen molar-refractivity contribution in [3.05, 3.63) is 59.4 Å². The molecule has 0 aliphatic heterocycles. The first-order valence-electron chi connectivity index (χ1n) is 7.24. The summed E-state index contributed by atoms with van der Waals surface area (Å²) in [6.45, 7) is 4.89. The van der Waals surface area contributed by atoms with Crippen molar-refractivity contribution in [2.24, 2.45) is 0 Å². The van der Waals surface area contributed by atoms with Gasteiger partial charge in [-0.25, -0.2) is 17.6 Å². The van der Waals surface area contributed by atoms with E-state index in [-0.39, 0.29) is 10.6 Å². The summed E-state index contributed by atoms with van der Waals surface area (Å²) in [6.07, 6.45) is 0. The topological polar surface area (TPSA) is 74.7 Å². The molecular weight excluding hydrogens is 333 g/mol. The van der Waals surface area contributed by atoms with Gasteiger partial charge in [0.05, 0.1) is 10.6 Å². The van der Waals surface area contributed by atoms with Crippen molar-refractivity contribution >= 4 is 21.7 Å². The Kier molecular flexibility index (Phi) is 4.94. The van der Waals surface area contributed by atoms with Crippen LogP contribution in [0.5, 0.6) is 0 Å². The van der Waals surface area contributed by atoms with Crippen LogP contribution in [-0.4, -0.2) is 25.5 Å². The molecule has 0 heterocycles. The van der Waals surface area contributed by atoms with E-state index in [0.717, 1.165) is 39.7 Å². The van der Waals surface area contributed by atoms with Crippen LogP contribution in [-0.2, 0) is 14.8 Å². The smallest absolute Gasteiger partial charge is 0.327 e. The Balaban J connectivity index is 2.66. The fraction of sp³-hybridized carbons (Fsp3) is 0.235. The molecule has 1 atom stereocenters. The average Bonchev–Trinajstić information content (AvgIpc) is 2.46. The van der Waals surface area contributed by atoms with Crippen LogP contribution < -0.4 is 4.31 Å². The van der Waals surface area contributed by atoms with Crippen LogP contribution in [0.15, 0.2) is 47.4 Å². The van der Waals surface area contributed by atoms with Crippen LogP contribution in [0.1, 0.15) is 18.1 Å². The van der Waals surface area contributed by atoms with Gasteiger partial charge in [-0.2, -0.15) is 0 Å². The number of hydrogen-bond acceptors (Lipinski definition) is 3. The number of nitrogens with zero attached hydrogens (tertiary/aromatic N) is 1. The molecule has 5 nitrogen and oxygen atoms in total. The number of carbonyl (C=O) groups is 1. The number of halogens is 1. The van der Waals surface area contributed by atoms with E-state index in [9.17, 15) is 22.7 Å². The maximum absolute atomic E-state index is 13.1. The third kappa shape index (κ3) is 3.56. The highest BCUT2D eigenvalue weighted by Gasteiger charge is 2.33. The van der Waals surface area contributed by atoms with E-state index in [1.54, 1.807) is 26.0 Å². The lowest BCUT2D eigenvalue weighted by Crippen LogP contribution is -2.43. The van der Waals surface area contributed by atoms with Gasteiger partial charge < -0.3 is 5.11 Å². The van der Waals surface area contributed by atoms with Gasteiger partial charge in [0.2, 0.25) is 0 Å². The molecule has 128 valence electrons. The molecule has 0 aliphatic carbocycles. The van der Waals surface area contributed by atoms with E-state index in [1.807, 2.05) is 6.07 Å². The van der Waals surface area contributed by atoms with Gasteiger partial charge in [0.15, 0.2) is 0 Å². The minimum absolute atomic E-state index is 0.170. The Morgan fingerprint density at radius 1 is 1.08 bits per heavy atom. The summed E-state index contributed by atoms with van der Waals surface area (Å²) < 4.78 is 39.8. The van der Waals surface area contributed by atoms with E-state index in [4.69, 9.17) is 0 Å². The summed E-state index contributed by atoms with van der Waals surface area (Å²) >= 11 is 0. The first-order valence-corrected chi connectivity index (χ1v) is 8.68. The molecule has 0 saturated carbocycles. The molecular formula is C17H18FNO4S. The predicted molar refractivity (Wildman–Crippen MR) is 89.1 cm³/mol. The average molecular weight is 351 g/mol. The van der Waals surface area contributed by atoms with Crippen LogP contribution in [0.3, 0.4) is 0 Å². The lowest BCUT2D eigenvalue weighted by molar-refractivity contribution is -0.137. The van der Waals surface area contributed by atoms with Crippen molar-refractivity contribution in [1.29, 1.82) is 0 Å². The van der Waals surface area contributed by atoms with E-state index < -0.39 is 27.9 Å². The zero-order valence-corrected chi connectivity index (χ0v) is 14.3. The van der Waals surface area contributed by atoms with Gasteiger partial charge in [-0.1, -0.05) is 6.07 Å². The minimum Gasteiger partial charge on any atom is -0.480 e. The number of carboxylic acid groups (broad SMARTS) is 1. The van der Waals surface area contributed by atoms with E-state index in [1.165, 1.54) is 6.92 Å². The number of aliphatic carboxylic acids is 1. The Morgan fingerprint density at radius 3 is 2.04 bits per heavy atom. The van der Waals surface area contributed by atoms with Gasteiger partial charge in [-0.15, -0.1) is 0 Å². The SMILES string of the molecule is Cc1cc(C)cc(N(C(C)C(=O)O)S(=O)(=O)c2ccc(F)cc2)c1. The zero-order chi connectivity index (χ0) is 18.1. The van der Waals surface area contributed by atoms with Gasteiger partial charge in [0.25, 0.3) is 10.0 Å². The van der Waals surface area contributed by atoms with Crippen molar-refractivity contribution in [3.63, 3.8) is 0 Å². The van der Waals surface area contributed by atoms with Crippen molar-refractivity contribution in [3.8, 4) is 0 Å². The summed E-state index contributed by atoms with van der Waals surface area (Å²) in [5, 5.41) is 9.34. The zero-order valence-electron chi connectivity index (χ0n) is 13.5. The quantitative estimate of drug-likeness (QED) is 0.898.